The molecule has 0 spiro atoms. The quantitative estimate of drug-likeness (QED) is 0.747. The Balaban J connectivity index is 2.31. The summed E-state index contributed by atoms with van der Waals surface area (Å²) >= 11 is 3.62. The maximum Gasteiger partial charge on any atom is 0.163 e. The van der Waals surface area contributed by atoms with E-state index in [4.69, 9.17) is 9.47 Å². The molecule has 0 unspecified atom stereocenters. The molecule has 1 aromatic carbocycles. The zero-order chi connectivity index (χ0) is 12.7. The van der Waals surface area contributed by atoms with Gasteiger partial charge in [-0.15, -0.1) is 0 Å². The lowest BCUT2D eigenvalue weighted by Crippen LogP contribution is -2.19. The van der Waals surface area contributed by atoms with Crippen molar-refractivity contribution in [3.05, 3.63) is 21.2 Å². The molecule has 0 aromatic heterocycles. The van der Waals surface area contributed by atoms with Crippen molar-refractivity contribution in [3.8, 4) is 11.5 Å². The summed E-state index contributed by atoms with van der Waals surface area (Å²) in [4.78, 5) is 11.9. The number of ether oxygens (including phenoxy) is 2. The fourth-order valence-corrected chi connectivity index (χ4v) is 3.49. The molecule has 2 aliphatic heterocycles. The Kier molecular flexibility index (Phi) is 3.06. The van der Waals surface area contributed by atoms with Gasteiger partial charge >= 0.3 is 0 Å². The second-order valence-corrected chi connectivity index (χ2v) is 5.56. The summed E-state index contributed by atoms with van der Waals surface area (Å²) in [7, 11) is 0. The first-order chi connectivity index (χ1) is 8.70. The molecule has 0 atom stereocenters. The van der Waals surface area contributed by atoms with E-state index in [9.17, 15) is 4.79 Å². The van der Waals surface area contributed by atoms with Crippen molar-refractivity contribution in [1.82, 2.24) is 0 Å². The minimum absolute atomic E-state index is 0.0717. The van der Waals surface area contributed by atoms with Crippen LogP contribution in [-0.4, -0.2) is 19.0 Å². The molecular weight excluding hydrogens is 296 g/mol. The van der Waals surface area contributed by atoms with E-state index in [0.717, 1.165) is 65.0 Å². The molecule has 0 amide bonds. The molecule has 4 heteroatoms. The fourth-order valence-electron chi connectivity index (χ4n) is 2.76. The van der Waals surface area contributed by atoms with E-state index < -0.39 is 0 Å². The molecule has 0 aliphatic carbocycles. The molecule has 2 heterocycles. The third kappa shape index (κ3) is 1.74. The smallest absolute Gasteiger partial charge is 0.163 e. The van der Waals surface area contributed by atoms with E-state index >= 15 is 0 Å². The van der Waals surface area contributed by atoms with Gasteiger partial charge in [-0.25, -0.2) is 0 Å². The summed E-state index contributed by atoms with van der Waals surface area (Å²) in [6.45, 7) is 3.03. The SMILES string of the molecule is CC(=O)c1c2c(c(Br)c3c1OCCC3)OCCC2. The minimum Gasteiger partial charge on any atom is -0.492 e. The van der Waals surface area contributed by atoms with Gasteiger partial charge in [0.25, 0.3) is 0 Å². The number of rotatable bonds is 1. The van der Waals surface area contributed by atoms with Crippen molar-refractivity contribution in [2.24, 2.45) is 0 Å². The van der Waals surface area contributed by atoms with Crippen LogP contribution in [-0.2, 0) is 12.8 Å². The van der Waals surface area contributed by atoms with Crippen LogP contribution < -0.4 is 9.47 Å². The van der Waals surface area contributed by atoms with Crippen molar-refractivity contribution in [1.29, 1.82) is 0 Å². The van der Waals surface area contributed by atoms with Crippen LogP contribution in [0.15, 0.2) is 4.47 Å². The molecule has 1 aromatic rings. The molecule has 18 heavy (non-hydrogen) atoms. The van der Waals surface area contributed by atoms with E-state index in [2.05, 4.69) is 15.9 Å². The fraction of sp³-hybridized carbons (Fsp3) is 0.500. The minimum atomic E-state index is 0.0717. The highest BCUT2D eigenvalue weighted by Gasteiger charge is 2.29. The summed E-state index contributed by atoms with van der Waals surface area (Å²) in [6.07, 6.45) is 3.77. The Labute approximate surface area is 115 Å². The van der Waals surface area contributed by atoms with Crippen LogP contribution in [0.25, 0.3) is 0 Å². The van der Waals surface area contributed by atoms with Crippen molar-refractivity contribution < 1.29 is 14.3 Å². The zero-order valence-electron chi connectivity index (χ0n) is 10.3. The first-order valence-corrected chi connectivity index (χ1v) is 7.13. The van der Waals surface area contributed by atoms with E-state index in [1.54, 1.807) is 6.92 Å². The third-order valence-electron chi connectivity index (χ3n) is 3.53. The largest absolute Gasteiger partial charge is 0.492 e. The Morgan fingerprint density at radius 2 is 1.67 bits per heavy atom. The van der Waals surface area contributed by atoms with Gasteiger partial charge in [0.15, 0.2) is 5.78 Å². The van der Waals surface area contributed by atoms with Gasteiger partial charge in [-0.05, 0) is 48.5 Å². The molecular formula is C14H15BrO3. The maximum absolute atomic E-state index is 11.9. The standard InChI is InChI=1S/C14H15BrO3/c1-8(16)11-9-4-2-7-18-14(9)12(15)10-5-3-6-17-13(10)11/h2-7H2,1H3. The number of ketones is 1. The summed E-state index contributed by atoms with van der Waals surface area (Å²) < 4.78 is 12.5. The molecule has 0 fully saturated rings. The number of hydrogen-bond donors (Lipinski definition) is 0. The summed E-state index contributed by atoms with van der Waals surface area (Å²) in [5, 5.41) is 0. The third-order valence-corrected chi connectivity index (χ3v) is 4.37. The lowest BCUT2D eigenvalue weighted by Gasteiger charge is -2.28. The number of Topliss-reactive ketones (excluding diaryl/α,β-unsaturated/α-hetero) is 1. The molecule has 0 saturated heterocycles. The summed E-state index contributed by atoms with van der Waals surface area (Å²) in [6, 6.07) is 0. The molecule has 96 valence electrons. The average Bonchev–Trinajstić information content (AvgIpc) is 2.39. The molecule has 3 nitrogen and oxygen atoms in total. The number of hydrogen-bond acceptors (Lipinski definition) is 3. The van der Waals surface area contributed by atoms with Crippen LogP contribution in [0.1, 0.15) is 41.3 Å². The highest BCUT2D eigenvalue weighted by atomic mass is 79.9. The van der Waals surface area contributed by atoms with Crippen LogP contribution in [0.3, 0.4) is 0 Å². The Bertz CT molecular complexity index is 485. The van der Waals surface area contributed by atoms with Crippen LogP contribution >= 0.6 is 15.9 Å². The van der Waals surface area contributed by atoms with Gasteiger partial charge in [0.1, 0.15) is 11.5 Å². The first kappa shape index (κ1) is 12.0. The van der Waals surface area contributed by atoms with Crippen LogP contribution in [0.4, 0.5) is 0 Å². The van der Waals surface area contributed by atoms with Gasteiger partial charge in [0, 0.05) is 11.1 Å². The number of carbonyl (C=O) groups excluding carboxylic acids is 1. The number of halogens is 1. The molecule has 3 rings (SSSR count). The van der Waals surface area contributed by atoms with E-state index in [1.165, 1.54) is 0 Å². The first-order valence-electron chi connectivity index (χ1n) is 6.34. The average molecular weight is 311 g/mol. The van der Waals surface area contributed by atoms with E-state index in [-0.39, 0.29) is 5.78 Å². The van der Waals surface area contributed by atoms with Gasteiger partial charge in [0.05, 0.1) is 23.2 Å². The number of benzene rings is 1. The normalized spacial score (nSPS) is 17.2. The lowest BCUT2D eigenvalue weighted by molar-refractivity contribution is 0.101. The number of carbonyl (C=O) groups is 1. The Hall–Kier alpha value is -1.03. The topological polar surface area (TPSA) is 35.5 Å². The lowest BCUT2D eigenvalue weighted by atomic mass is 9.91. The van der Waals surface area contributed by atoms with Gasteiger partial charge in [-0.3, -0.25) is 4.79 Å². The van der Waals surface area contributed by atoms with Gasteiger partial charge in [-0.2, -0.15) is 0 Å². The van der Waals surface area contributed by atoms with Crippen LogP contribution in [0.2, 0.25) is 0 Å². The predicted molar refractivity (Wildman–Crippen MR) is 71.8 cm³/mol. The van der Waals surface area contributed by atoms with Gasteiger partial charge in [-0.1, -0.05) is 0 Å². The van der Waals surface area contributed by atoms with Gasteiger partial charge < -0.3 is 9.47 Å². The highest BCUT2D eigenvalue weighted by molar-refractivity contribution is 9.10. The second-order valence-electron chi connectivity index (χ2n) is 4.76. The number of fused-ring (bicyclic) bond motifs is 2. The molecule has 0 saturated carbocycles. The Morgan fingerprint density at radius 1 is 1.06 bits per heavy atom. The van der Waals surface area contributed by atoms with Gasteiger partial charge in [0.2, 0.25) is 0 Å². The van der Waals surface area contributed by atoms with Crippen molar-refractivity contribution in [2.75, 3.05) is 13.2 Å². The zero-order valence-corrected chi connectivity index (χ0v) is 11.9. The summed E-state index contributed by atoms with van der Waals surface area (Å²) in [5.74, 6) is 1.71. The molecule has 0 N–H and O–H groups in total. The molecule has 2 aliphatic rings. The van der Waals surface area contributed by atoms with Crippen molar-refractivity contribution in [3.63, 3.8) is 0 Å². The second kappa shape index (κ2) is 4.57. The predicted octanol–water partition coefficient (Wildman–Crippen LogP) is 3.30. The molecule has 0 bridgehead atoms. The maximum atomic E-state index is 11.9. The van der Waals surface area contributed by atoms with Crippen molar-refractivity contribution >= 4 is 21.7 Å². The highest BCUT2D eigenvalue weighted by Crippen LogP contribution is 2.46. The van der Waals surface area contributed by atoms with E-state index in [0.29, 0.717) is 6.61 Å². The molecule has 0 radical (unpaired) electrons. The van der Waals surface area contributed by atoms with Crippen molar-refractivity contribution in [2.45, 2.75) is 32.6 Å². The summed E-state index contributed by atoms with van der Waals surface area (Å²) in [5.41, 5.74) is 2.84. The van der Waals surface area contributed by atoms with Crippen LogP contribution in [0, 0.1) is 0 Å². The van der Waals surface area contributed by atoms with Crippen LogP contribution in [0.5, 0.6) is 11.5 Å². The Morgan fingerprint density at radius 3 is 2.33 bits per heavy atom. The van der Waals surface area contributed by atoms with E-state index in [1.807, 2.05) is 0 Å². The monoisotopic (exact) mass is 310 g/mol.